The van der Waals surface area contributed by atoms with Crippen molar-refractivity contribution in [2.75, 3.05) is 30.4 Å². The van der Waals surface area contributed by atoms with Crippen LogP contribution in [-0.2, 0) is 16.0 Å². The van der Waals surface area contributed by atoms with Gasteiger partial charge in [0.25, 0.3) is 0 Å². The molecule has 3 rings (SSSR count). The Kier molecular flexibility index (Phi) is 3.42. The van der Waals surface area contributed by atoms with Gasteiger partial charge in [-0.1, -0.05) is 6.07 Å². The van der Waals surface area contributed by atoms with Gasteiger partial charge in [0.1, 0.15) is 0 Å². The van der Waals surface area contributed by atoms with E-state index in [2.05, 4.69) is 0 Å². The highest BCUT2D eigenvalue weighted by Gasteiger charge is 2.30. The molecule has 4 nitrogen and oxygen atoms in total. The molecule has 0 spiro atoms. The Morgan fingerprint density at radius 1 is 1.37 bits per heavy atom. The highest BCUT2D eigenvalue weighted by molar-refractivity contribution is 5.96. The molecule has 0 bridgehead atoms. The van der Waals surface area contributed by atoms with Crippen LogP contribution in [-0.4, -0.2) is 25.7 Å². The van der Waals surface area contributed by atoms with Gasteiger partial charge in [-0.05, 0) is 43.4 Å². The molecule has 4 heteroatoms. The lowest BCUT2D eigenvalue weighted by Gasteiger charge is -2.33. The third-order valence-corrected chi connectivity index (χ3v) is 4.00. The second-order valence-electron chi connectivity index (χ2n) is 5.40. The van der Waals surface area contributed by atoms with Crippen LogP contribution in [0.15, 0.2) is 18.2 Å². The Bertz CT molecular complexity index is 481. The second kappa shape index (κ2) is 5.21. The number of anilines is 2. The molecule has 1 atom stereocenters. The standard InChI is InChI=1S/C15H20N2O2/c16-13-6-5-11-3-1-7-17(14(11)9-13)15(18)12-4-2-8-19-10-12/h5-6,9,12H,1-4,7-8,10,16H2. The van der Waals surface area contributed by atoms with Crippen LogP contribution in [0, 0.1) is 5.92 Å². The highest BCUT2D eigenvalue weighted by Crippen LogP contribution is 2.31. The van der Waals surface area contributed by atoms with Crippen LogP contribution < -0.4 is 10.6 Å². The van der Waals surface area contributed by atoms with Crippen molar-refractivity contribution in [3.8, 4) is 0 Å². The minimum Gasteiger partial charge on any atom is -0.399 e. The molecule has 2 aliphatic rings. The fourth-order valence-electron chi connectivity index (χ4n) is 2.98. The van der Waals surface area contributed by atoms with Crippen LogP contribution >= 0.6 is 0 Å². The highest BCUT2D eigenvalue weighted by atomic mass is 16.5. The first-order valence-corrected chi connectivity index (χ1v) is 7.03. The van der Waals surface area contributed by atoms with Crippen molar-refractivity contribution < 1.29 is 9.53 Å². The van der Waals surface area contributed by atoms with Gasteiger partial charge in [-0.25, -0.2) is 0 Å². The molecule has 1 fully saturated rings. The summed E-state index contributed by atoms with van der Waals surface area (Å²) in [6.45, 7) is 2.14. The number of ether oxygens (including phenoxy) is 1. The maximum Gasteiger partial charge on any atom is 0.232 e. The number of benzene rings is 1. The number of fused-ring (bicyclic) bond motifs is 1. The van der Waals surface area contributed by atoms with E-state index in [1.54, 1.807) is 0 Å². The molecule has 1 saturated heterocycles. The zero-order chi connectivity index (χ0) is 13.2. The number of amides is 1. The molecule has 0 aromatic heterocycles. The van der Waals surface area contributed by atoms with Gasteiger partial charge in [-0.2, -0.15) is 0 Å². The van der Waals surface area contributed by atoms with Crippen molar-refractivity contribution >= 4 is 17.3 Å². The number of nitrogens with zero attached hydrogens (tertiary/aromatic N) is 1. The number of nitrogens with two attached hydrogens (primary N) is 1. The topological polar surface area (TPSA) is 55.6 Å². The molecule has 0 radical (unpaired) electrons. The van der Waals surface area contributed by atoms with Crippen molar-refractivity contribution in [3.05, 3.63) is 23.8 Å². The zero-order valence-corrected chi connectivity index (χ0v) is 11.1. The van der Waals surface area contributed by atoms with Crippen LogP contribution in [0.4, 0.5) is 11.4 Å². The molecular formula is C15H20N2O2. The number of hydrogen-bond acceptors (Lipinski definition) is 3. The first kappa shape index (κ1) is 12.5. The first-order valence-electron chi connectivity index (χ1n) is 7.03. The van der Waals surface area contributed by atoms with Crippen LogP contribution in [0.3, 0.4) is 0 Å². The summed E-state index contributed by atoms with van der Waals surface area (Å²) in [6.07, 6.45) is 3.97. The number of aryl methyl sites for hydroxylation is 1. The summed E-state index contributed by atoms with van der Waals surface area (Å²) in [5, 5.41) is 0. The Balaban J connectivity index is 1.86. The van der Waals surface area contributed by atoms with Gasteiger partial charge in [-0.15, -0.1) is 0 Å². The SMILES string of the molecule is Nc1ccc2c(c1)N(C(=O)C1CCCOC1)CCC2. The summed E-state index contributed by atoms with van der Waals surface area (Å²) in [7, 11) is 0. The number of rotatable bonds is 1. The maximum absolute atomic E-state index is 12.6. The van der Waals surface area contributed by atoms with Gasteiger partial charge in [-0.3, -0.25) is 4.79 Å². The van der Waals surface area contributed by atoms with Crippen molar-refractivity contribution in [1.82, 2.24) is 0 Å². The molecule has 102 valence electrons. The van der Waals surface area contributed by atoms with Gasteiger partial charge in [0, 0.05) is 24.5 Å². The van der Waals surface area contributed by atoms with Gasteiger partial charge >= 0.3 is 0 Å². The molecule has 1 unspecified atom stereocenters. The smallest absolute Gasteiger partial charge is 0.232 e. The fraction of sp³-hybridized carbons (Fsp3) is 0.533. The quantitative estimate of drug-likeness (QED) is 0.785. The largest absolute Gasteiger partial charge is 0.399 e. The lowest BCUT2D eigenvalue weighted by molar-refractivity contribution is -0.126. The summed E-state index contributed by atoms with van der Waals surface area (Å²) in [6, 6.07) is 5.88. The van der Waals surface area contributed by atoms with Gasteiger partial charge in [0.05, 0.1) is 12.5 Å². The van der Waals surface area contributed by atoms with Crippen LogP contribution in [0.25, 0.3) is 0 Å². The Labute approximate surface area is 113 Å². The van der Waals surface area contributed by atoms with Crippen LogP contribution in [0.1, 0.15) is 24.8 Å². The Morgan fingerprint density at radius 2 is 2.26 bits per heavy atom. The van der Waals surface area contributed by atoms with Crippen LogP contribution in [0.5, 0.6) is 0 Å². The monoisotopic (exact) mass is 260 g/mol. The molecule has 1 amide bonds. The van der Waals surface area contributed by atoms with Crippen molar-refractivity contribution in [2.45, 2.75) is 25.7 Å². The Hall–Kier alpha value is -1.55. The lowest BCUT2D eigenvalue weighted by atomic mass is 9.96. The van der Waals surface area contributed by atoms with Crippen molar-refractivity contribution in [1.29, 1.82) is 0 Å². The number of carbonyl (C=O) groups is 1. The average molecular weight is 260 g/mol. The minimum absolute atomic E-state index is 0.0149. The van der Waals surface area contributed by atoms with E-state index in [9.17, 15) is 4.79 Å². The van der Waals surface area contributed by atoms with Gasteiger partial charge < -0.3 is 15.4 Å². The predicted molar refractivity (Wildman–Crippen MR) is 75.1 cm³/mol. The normalized spacial score (nSPS) is 22.9. The first-order chi connectivity index (χ1) is 9.25. The molecule has 0 aliphatic carbocycles. The molecule has 1 aromatic rings. The fourth-order valence-corrected chi connectivity index (χ4v) is 2.98. The minimum atomic E-state index is 0.0149. The molecular weight excluding hydrogens is 240 g/mol. The summed E-state index contributed by atoms with van der Waals surface area (Å²) >= 11 is 0. The third-order valence-electron chi connectivity index (χ3n) is 4.00. The number of carbonyl (C=O) groups excluding carboxylic acids is 1. The second-order valence-corrected chi connectivity index (χ2v) is 5.40. The summed E-state index contributed by atoms with van der Waals surface area (Å²) < 4.78 is 5.43. The lowest BCUT2D eigenvalue weighted by Crippen LogP contribution is -2.42. The summed E-state index contributed by atoms with van der Waals surface area (Å²) in [5.41, 5.74) is 8.81. The molecule has 0 saturated carbocycles. The molecule has 19 heavy (non-hydrogen) atoms. The number of hydrogen-bond donors (Lipinski definition) is 1. The molecule has 1 aromatic carbocycles. The van der Waals surface area contributed by atoms with Crippen molar-refractivity contribution in [3.63, 3.8) is 0 Å². The van der Waals surface area contributed by atoms with E-state index in [1.807, 2.05) is 23.1 Å². The number of nitrogen functional groups attached to an aromatic ring is 1. The predicted octanol–water partition coefficient (Wildman–Crippen LogP) is 1.97. The van der Waals surface area contributed by atoms with E-state index in [4.69, 9.17) is 10.5 Å². The van der Waals surface area contributed by atoms with Crippen molar-refractivity contribution in [2.24, 2.45) is 5.92 Å². The van der Waals surface area contributed by atoms with E-state index in [1.165, 1.54) is 5.56 Å². The molecule has 2 aliphatic heterocycles. The van der Waals surface area contributed by atoms with E-state index < -0.39 is 0 Å². The van der Waals surface area contributed by atoms with E-state index in [0.29, 0.717) is 6.61 Å². The average Bonchev–Trinajstić information content (AvgIpc) is 2.47. The van der Waals surface area contributed by atoms with E-state index in [-0.39, 0.29) is 11.8 Å². The van der Waals surface area contributed by atoms with Gasteiger partial charge in [0.15, 0.2) is 0 Å². The van der Waals surface area contributed by atoms with E-state index >= 15 is 0 Å². The zero-order valence-electron chi connectivity index (χ0n) is 11.1. The third kappa shape index (κ3) is 2.45. The molecule has 2 N–H and O–H groups in total. The van der Waals surface area contributed by atoms with E-state index in [0.717, 1.165) is 50.2 Å². The van der Waals surface area contributed by atoms with Gasteiger partial charge in [0.2, 0.25) is 5.91 Å². The maximum atomic E-state index is 12.6. The summed E-state index contributed by atoms with van der Waals surface area (Å²) in [4.78, 5) is 14.5. The van der Waals surface area contributed by atoms with Crippen LogP contribution in [0.2, 0.25) is 0 Å². The Morgan fingerprint density at radius 3 is 3.05 bits per heavy atom. The molecule has 2 heterocycles. The summed E-state index contributed by atoms with van der Waals surface area (Å²) in [5.74, 6) is 0.215.